The molecule has 0 aliphatic carbocycles. The second kappa shape index (κ2) is 6.81. The fourth-order valence-electron chi connectivity index (χ4n) is 0.583. The van der Waals surface area contributed by atoms with Gasteiger partial charge in [-0.15, -0.1) is 0 Å². The van der Waals surface area contributed by atoms with Crippen LogP contribution in [0, 0.1) is 0 Å². The molecule has 0 bridgehead atoms. The molecule has 0 fully saturated rings. The van der Waals surface area contributed by atoms with E-state index < -0.39 is 7.32 Å². The molecule has 5 heteroatoms. The van der Waals surface area contributed by atoms with Crippen LogP contribution in [0.2, 0.25) is 0 Å². The molecule has 4 nitrogen and oxygen atoms in total. The molecular formula is C7H11BO4. The molecular weight excluding hydrogens is 159 g/mol. The van der Waals surface area contributed by atoms with Gasteiger partial charge in [0, 0.05) is 0 Å². The zero-order valence-corrected chi connectivity index (χ0v) is 6.46. The Morgan fingerprint density at radius 2 is 1.42 bits per heavy atom. The summed E-state index contributed by atoms with van der Waals surface area (Å²) in [6.45, 7) is 0.140. The molecule has 66 valence electrons. The minimum atomic E-state index is -2.17. The molecule has 0 atom stereocenters. The van der Waals surface area contributed by atoms with Crippen molar-refractivity contribution in [2.45, 2.75) is 6.61 Å². The molecule has 1 rings (SSSR count). The normalized spacial score (nSPS) is 8.33. The minimum Gasteiger partial charge on any atom is -0.402 e. The fourth-order valence-corrected chi connectivity index (χ4v) is 0.583. The Labute approximate surface area is 70.9 Å². The molecule has 1 aromatic carbocycles. The maximum absolute atomic E-state index is 8.54. The van der Waals surface area contributed by atoms with Gasteiger partial charge in [-0.05, 0) is 5.56 Å². The number of hydrogen-bond donors (Lipinski definition) is 4. The lowest BCUT2D eigenvalue weighted by Gasteiger charge is -1.89. The topological polar surface area (TPSA) is 80.9 Å². The van der Waals surface area contributed by atoms with E-state index in [9.17, 15) is 0 Å². The van der Waals surface area contributed by atoms with Gasteiger partial charge < -0.3 is 20.2 Å². The molecule has 0 radical (unpaired) electrons. The van der Waals surface area contributed by atoms with Crippen LogP contribution in [-0.2, 0) is 6.61 Å². The lowest BCUT2D eigenvalue weighted by molar-refractivity contribution is 0.278. The van der Waals surface area contributed by atoms with E-state index in [4.69, 9.17) is 20.2 Å². The van der Waals surface area contributed by atoms with Gasteiger partial charge in [0.2, 0.25) is 0 Å². The molecule has 4 N–H and O–H groups in total. The van der Waals surface area contributed by atoms with E-state index in [1.807, 2.05) is 30.3 Å². The van der Waals surface area contributed by atoms with E-state index in [0.29, 0.717) is 0 Å². The van der Waals surface area contributed by atoms with Crippen molar-refractivity contribution in [3.05, 3.63) is 35.9 Å². The second-order valence-corrected chi connectivity index (χ2v) is 1.99. The van der Waals surface area contributed by atoms with Crippen LogP contribution < -0.4 is 0 Å². The molecule has 0 aliphatic rings. The first-order chi connectivity index (χ1) is 5.66. The van der Waals surface area contributed by atoms with E-state index in [0.717, 1.165) is 5.56 Å². The first-order valence-corrected chi connectivity index (χ1v) is 3.36. The van der Waals surface area contributed by atoms with Crippen LogP contribution in [0.4, 0.5) is 0 Å². The summed E-state index contributed by atoms with van der Waals surface area (Å²) in [4.78, 5) is 0. The molecule has 0 amide bonds. The smallest absolute Gasteiger partial charge is 0.402 e. The first-order valence-electron chi connectivity index (χ1n) is 3.36. The Balaban J connectivity index is 0.000000261. The van der Waals surface area contributed by atoms with Crippen LogP contribution in [0.3, 0.4) is 0 Å². The number of rotatable bonds is 1. The van der Waals surface area contributed by atoms with E-state index in [1.165, 1.54) is 0 Å². The van der Waals surface area contributed by atoms with Crippen LogP contribution in [0.1, 0.15) is 5.56 Å². The summed E-state index contributed by atoms with van der Waals surface area (Å²) >= 11 is 0. The maximum Gasteiger partial charge on any atom is 0.631 e. The molecule has 0 heterocycles. The van der Waals surface area contributed by atoms with Crippen LogP contribution in [0.25, 0.3) is 0 Å². The Morgan fingerprint density at radius 1 is 1.00 bits per heavy atom. The van der Waals surface area contributed by atoms with E-state index in [-0.39, 0.29) is 6.61 Å². The molecule has 12 heavy (non-hydrogen) atoms. The summed E-state index contributed by atoms with van der Waals surface area (Å²) in [5.74, 6) is 0. The average molecular weight is 170 g/mol. The highest BCUT2D eigenvalue weighted by Gasteiger charge is 1.92. The average Bonchev–Trinajstić information content (AvgIpc) is 2.05. The highest BCUT2D eigenvalue weighted by atomic mass is 16.5. The third kappa shape index (κ3) is 7.23. The Bertz CT molecular complexity index is 187. The van der Waals surface area contributed by atoms with Gasteiger partial charge in [0.15, 0.2) is 0 Å². The summed E-state index contributed by atoms with van der Waals surface area (Å²) < 4.78 is 0. The minimum absolute atomic E-state index is 0.140. The van der Waals surface area contributed by atoms with Gasteiger partial charge >= 0.3 is 7.32 Å². The fraction of sp³-hybridized carbons (Fsp3) is 0.143. The number of benzene rings is 1. The first kappa shape index (κ1) is 11.1. The summed E-state index contributed by atoms with van der Waals surface area (Å²) in [6, 6.07) is 9.52. The molecule has 0 unspecified atom stereocenters. The predicted octanol–water partition coefficient (Wildman–Crippen LogP) is -0.873. The van der Waals surface area contributed by atoms with E-state index in [1.54, 1.807) is 0 Å². The van der Waals surface area contributed by atoms with Crippen LogP contribution in [-0.4, -0.2) is 27.5 Å². The SMILES string of the molecule is OB(O)O.OCc1ccccc1. The lowest BCUT2D eigenvalue weighted by Crippen LogP contribution is -2.07. The highest BCUT2D eigenvalue weighted by molar-refractivity contribution is 6.30. The Hall–Kier alpha value is -0.875. The van der Waals surface area contributed by atoms with Gasteiger partial charge in [0.05, 0.1) is 6.61 Å². The third-order valence-electron chi connectivity index (χ3n) is 1.03. The maximum atomic E-state index is 8.54. The van der Waals surface area contributed by atoms with Crippen molar-refractivity contribution in [2.75, 3.05) is 0 Å². The number of aliphatic hydroxyl groups is 1. The largest absolute Gasteiger partial charge is 0.631 e. The quantitative estimate of drug-likeness (QED) is 0.413. The van der Waals surface area contributed by atoms with Crippen molar-refractivity contribution in [3.8, 4) is 0 Å². The van der Waals surface area contributed by atoms with Gasteiger partial charge in [-0.2, -0.15) is 0 Å². The van der Waals surface area contributed by atoms with Gasteiger partial charge in [0.25, 0.3) is 0 Å². The van der Waals surface area contributed by atoms with E-state index in [2.05, 4.69) is 0 Å². The van der Waals surface area contributed by atoms with Crippen molar-refractivity contribution in [2.24, 2.45) is 0 Å². The third-order valence-corrected chi connectivity index (χ3v) is 1.03. The molecule has 0 saturated carbocycles. The lowest BCUT2D eigenvalue weighted by atomic mass is 10.2. The van der Waals surface area contributed by atoms with Gasteiger partial charge in [-0.1, -0.05) is 30.3 Å². The number of aliphatic hydroxyl groups excluding tert-OH is 1. The number of hydrogen-bond acceptors (Lipinski definition) is 4. The van der Waals surface area contributed by atoms with Crippen molar-refractivity contribution >= 4 is 7.32 Å². The standard InChI is InChI=1S/C7H8O.BH3O3/c8-6-7-4-2-1-3-5-7;2-1(3)4/h1-5,8H,6H2;2-4H. The molecule has 0 aromatic heterocycles. The summed E-state index contributed by atoms with van der Waals surface area (Å²) in [6.07, 6.45) is 0. The predicted molar refractivity (Wildman–Crippen MR) is 44.8 cm³/mol. The van der Waals surface area contributed by atoms with Crippen molar-refractivity contribution in [1.29, 1.82) is 0 Å². The zero-order valence-electron chi connectivity index (χ0n) is 6.46. The Kier molecular flexibility index (Phi) is 6.31. The molecule has 0 spiro atoms. The van der Waals surface area contributed by atoms with Crippen LogP contribution >= 0.6 is 0 Å². The van der Waals surface area contributed by atoms with Crippen molar-refractivity contribution < 1.29 is 20.2 Å². The van der Waals surface area contributed by atoms with Crippen molar-refractivity contribution in [3.63, 3.8) is 0 Å². The van der Waals surface area contributed by atoms with Crippen LogP contribution in [0.5, 0.6) is 0 Å². The molecule has 1 aromatic rings. The van der Waals surface area contributed by atoms with E-state index >= 15 is 0 Å². The monoisotopic (exact) mass is 170 g/mol. The van der Waals surface area contributed by atoms with Gasteiger partial charge in [-0.25, -0.2) is 0 Å². The summed E-state index contributed by atoms with van der Waals surface area (Å²) in [7, 11) is -2.17. The van der Waals surface area contributed by atoms with Crippen molar-refractivity contribution in [1.82, 2.24) is 0 Å². The van der Waals surface area contributed by atoms with Gasteiger partial charge in [-0.3, -0.25) is 0 Å². The Morgan fingerprint density at radius 3 is 1.67 bits per heavy atom. The molecule has 0 saturated heterocycles. The highest BCUT2D eigenvalue weighted by Crippen LogP contribution is 1.95. The molecule has 0 aliphatic heterocycles. The van der Waals surface area contributed by atoms with Gasteiger partial charge in [0.1, 0.15) is 0 Å². The second-order valence-electron chi connectivity index (χ2n) is 1.99. The summed E-state index contributed by atoms with van der Waals surface area (Å²) in [5, 5.41) is 30.0. The zero-order chi connectivity index (χ0) is 9.40. The summed E-state index contributed by atoms with van der Waals surface area (Å²) in [5.41, 5.74) is 0.965. The van der Waals surface area contributed by atoms with Crippen LogP contribution in [0.15, 0.2) is 30.3 Å².